The fraction of sp³-hybridized carbons (Fsp3) is 0.412. The quantitative estimate of drug-likeness (QED) is 0.801. The highest BCUT2D eigenvalue weighted by molar-refractivity contribution is 7.89. The lowest BCUT2D eigenvalue weighted by molar-refractivity contribution is 0.274. The Labute approximate surface area is 132 Å². The first kappa shape index (κ1) is 15.2. The minimum atomic E-state index is -3.34. The van der Waals surface area contributed by atoms with E-state index in [1.165, 1.54) is 41.6 Å². The Balaban J connectivity index is 1.64. The minimum absolute atomic E-state index is 0.282. The van der Waals surface area contributed by atoms with E-state index in [0.717, 1.165) is 12.0 Å². The topological polar surface area (TPSA) is 46.6 Å². The fourth-order valence-corrected chi connectivity index (χ4v) is 3.83. The first-order valence-corrected chi connectivity index (χ1v) is 9.27. The molecule has 0 saturated carbocycles. The molecule has 1 aromatic carbocycles. The van der Waals surface area contributed by atoms with E-state index in [2.05, 4.69) is 24.3 Å². The Kier molecular flexibility index (Phi) is 4.52. The number of benzene rings is 1. The van der Waals surface area contributed by atoms with Crippen LogP contribution in [0, 0.1) is 5.92 Å². The molecule has 1 atom stereocenters. The van der Waals surface area contributed by atoms with Crippen molar-refractivity contribution in [3.05, 3.63) is 60.0 Å². The molecular formula is C17H21NO3S. The van der Waals surface area contributed by atoms with Gasteiger partial charge in [0, 0.05) is 0 Å². The van der Waals surface area contributed by atoms with Crippen molar-refractivity contribution in [2.45, 2.75) is 32.2 Å². The predicted octanol–water partition coefficient (Wildman–Crippen LogP) is 3.18. The van der Waals surface area contributed by atoms with E-state index in [4.69, 9.17) is 4.74 Å². The van der Waals surface area contributed by atoms with Gasteiger partial charge in [-0.05, 0) is 42.7 Å². The van der Waals surface area contributed by atoms with Gasteiger partial charge in [0.15, 0.2) is 0 Å². The van der Waals surface area contributed by atoms with Crippen LogP contribution in [0.15, 0.2) is 48.9 Å². The Hall–Kier alpha value is -1.75. The summed E-state index contributed by atoms with van der Waals surface area (Å²) >= 11 is 0. The van der Waals surface area contributed by atoms with E-state index < -0.39 is 10.0 Å². The average Bonchev–Trinajstić information content (AvgIpc) is 2.52. The molecule has 0 amide bonds. The van der Waals surface area contributed by atoms with Crippen LogP contribution >= 0.6 is 0 Å². The van der Waals surface area contributed by atoms with E-state index in [-0.39, 0.29) is 5.94 Å². The van der Waals surface area contributed by atoms with Crippen molar-refractivity contribution >= 4 is 10.0 Å². The van der Waals surface area contributed by atoms with Gasteiger partial charge in [-0.3, -0.25) is 4.31 Å². The molecule has 1 heterocycles. The number of nitrogens with zero attached hydrogens (tertiary/aromatic N) is 1. The summed E-state index contributed by atoms with van der Waals surface area (Å²) in [6, 6.07) is 8.24. The van der Waals surface area contributed by atoms with Crippen LogP contribution in [0.2, 0.25) is 0 Å². The highest BCUT2D eigenvalue weighted by atomic mass is 32.2. The maximum absolute atomic E-state index is 11.9. The second-order valence-electron chi connectivity index (χ2n) is 5.87. The highest BCUT2D eigenvalue weighted by Gasteiger charge is 2.22. The van der Waals surface area contributed by atoms with E-state index in [1.54, 1.807) is 0 Å². The van der Waals surface area contributed by atoms with E-state index in [1.807, 2.05) is 12.1 Å². The van der Waals surface area contributed by atoms with Crippen LogP contribution in [0.4, 0.5) is 0 Å². The van der Waals surface area contributed by atoms with Crippen LogP contribution in [0.1, 0.15) is 30.4 Å². The normalized spacial score (nSPS) is 23.3. The van der Waals surface area contributed by atoms with Gasteiger partial charge in [0.25, 0.3) is 10.0 Å². The zero-order valence-electron chi connectivity index (χ0n) is 12.5. The summed E-state index contributed by atoms with van der Waals surface area (Å²) in [6.45, 7) is 0.353. The molecule has 4 nitrogen and oxygen atoms in total. The molecule has 0 radical (unpaired) electrons. The third-order valence-corrected chi connectivity index (χ3v) is 5.51. The van der Waals surface area contributed by atoms with Crippen molar-refractivity contribution in [1.82, 2.24) is 4.31 Å². The standard InChI is InChI=1S/C17H21NO3S/c19-22(20)14-21-11-10-18(22)13-17-8-6-16(7-9-17)12-15-4-2-1-3-5-15/h2,4,6-11,15H,1,3,5,12-14H2. The minimum Gasteiger partial charge on any atom is -0.482 e. The molecular weight excluding hydrogens is 298 g/mol. The molecule has 1 aliphatic heterocycles. The molecule has 2 aliphatic rings. The summed E-state index contributed by atoms with van der Waals surface area (Å²) in [4.78, 5) is 0. The number of ether oxygens (including phenoxy) is 1. The third-order valence-electron chi connectivity index (χ3n) is 4.11. The van der Waals surface area contributed by atoms with Gasteiger partial charge in [0.2, 0.25) is 5.94 Å². The van der Waals surface area contributed by atoms with Gasteiger partial charge in [0.1, 0.15) is 6.26 Å². The van der Waals surface area contributed by atoms with Gasteiger partial charge in [-0.15, -0.1) is 0 Å². The van der Waals surface area contributed by atoms with Crippen molar-refractivity contribution in [3.63, 3.8) is 0 Å². The number of hydrogen-bond donors (Lipinski definition) is 0. The third kappa shape index (κ3) is 3.71. The average molecular weight is 319 g/mol. The fourth-order valence-electron chi connectivity index (χ4n) is 2.86. The zero-order valence-corrected chi connectivity index (χ0v) is 13.3. The molecule has 0 bridgehead atoms. The first-order valence-electron chi connectivity index (χ1n) is 7.66. The molecule has 5 heteroatoms. The number of allylic oxidation sites excluding steroid dienone is 2. The second kappa shape index (κ2) is 6.57. The Bertz CT molecular complexity index is 662. The monoisotopic (exact) mass is 319 g/mol. The molecule has 22 heavy (non-hydrogen) atoms. The van der Waals surface area contributed by atoms with Crippen LogP contribution in [0.25, 0.3) is 0 Å². The molecule has 0 N–H and O–H groups in total. The van der Waals surface area contributed by atoms with Crippen LogP contribution in [-0.4, -0.2) is 18.7 Å². The maximum atomic E-state index is 11.9. The highest BCUT2D eigenvalue weighted by Crippen LogP contribution is 2.22. The van der Waals surface area contributed by atoms with Crippen molar-refractivity contribution in [2.75, 3.05) is 5.94 Å². The van der Waals surface area contributed by atoms with E-state index in [0.29, 0.717) is 12.5 Å². The van der Waals surface area contributed by atoms with Crippen LogP contribution in [-0.2, 0) is 27.7 Å². The summed E-state index contributed by atoms with van der Waals surface area (Å²) in [7, 11) is -3.34. The molecule has 3 rings (SSSR count). The van der Waals surface area contributed by atoms with E-state index in [9.17, 15) is 8.42 Å². The Morgan fingerprint density at radius 1 is 1.18 bits per heavy atom. The summed E-state index contributed by atoms with van der Waals surface area (Å²) in [5.74, 6) is 0.359. The van der Waals surface area contributed by atoms with E-state index >= 15 is 0 Å². The van der Waals surface area contributed by atoms with Gasteiger partial charge in [-0.2, -0.15) is 0 Å². The lowest BCUT2D eigenvalue weighted by Gasteiger charge is -2.23. The van der Waals surface area contributed by atoms with Crippen molar-refractivity contribution in [3.8, 4) is 0 Å². The van der Waals surface area contributed by atoms with Crippen molar-refractivity contribution in [1.29, 1.82) is 0 Å². The van der Waals surface area contributed by atoms with Gasteiger partial charge >= 0.3 is 0 Å². The van der Waals surface area contributed by atoms with Crippen molar-refractivity contribution in [2.24, 2.45) is 5.92 Å². The summed E-state index contributed by atoms with van der Waals surface area (Å²) in [5, 5.41) is 0. The molecule has 118 valence electrons. The molecule has 0 fully saturated rings. The van der Waals surface area contributed by atoms with Crippen LogP contribution in [0.3, 0.4) is 0 Å². The summed E-state index contributed by atoms with van der Waals surface area (Å²) < 4.78 is 29.9. The van der Waals surface area contributed by atoms with Gasteiger partial charge in [0.05, 0.1) is 12.7 Å². The maximum Gasteiger partial charge on any atom is 0.270 e. The number of hydrogen-bond acceptors (Lipinski definition) is 3. The molecule has 1 aromatic rings. The Morgan fingerprint density at radius 3 is 2.64 bits per heavy atom. The molecule has 1 unspecified atom stereocenters. The van der Waals surface area contributed by atoms with Crippen molar-refractivity contribution < 1.29 is 13.2 Å². The predicted molar refractivity (Wildman–Crippen MR) is 86.2 cm³/mol. The number of sulfonamides is 1. The van der Waals surface area contributed by atoms with Crippen LogP contribution in [0.5, 0.6) is 0 Å². The smallest absolute Gasteiger partial charge is 0.270 e. The summed E-state index contributed by atoms with van der Waals surface area (Å²) in [6.07, 6.45) is 12.3. The molecule has 0 spiro atoms. The SMILES string of the molecule is O=S1(=O)COC=CN1Cc1ccc(CC2C=CCCC2)cc1. The van der Waals surface area contributed by atoms with Gasteiger partial charge in [-0.1, -0.05) is 36.4 Å². The lowest BCUT2D eigenvalue weighted by atomic mass is 9.90. The van der Waals surface area contributed by atoms with Crippen LogP contribution < -0.4 is 0 Å². The zero-order chi connectivity index (χ0) is 15.4. The largest absolute Gasteiger partial charge is 0.482 e. The van der Waals surface area contributed by atoms with Gasteiger partial charge in [-0.25, -0.2) is 8.42 Å². The molecule has 1 aliphatic carbocycles. The van der Waals surface area contributed by atoms with Gasteiger partial charge < -0.3 is 4.74 Å². The first-order chi connectivity index (χ1) is 10.6. The number of rotatable bonds is 4. The molecule has 0 saturated heterocycles. The Morgan fingerprint density at radius 2 is 1.95 bits per heavy atom. The molecule has 0 aromatic heterocycles. The second-order valence-corrected chi connectivity index (χ2v) is 7.74. The summed E-state index contributed by atoms with van der Waals surface area (Å²) in [5.41, 5.74) is 2.29. The lowest BCUT2D eigenvalue weighted by Crippen LogP contribution is -2.31.